The van der Waals surface area contributed by atoms with Gasteiger partial charge in [0, 0.05) is 23.6 Å². The van der Waals surface area contributed by atoms with Crippen LogP contribution in [0.5, 0.6) is 0 Å². The fourth-order valence-corrected chi connectivity index (χ4v) is 3.31. The van der Waals surface area contributed by atoms with Crippen molar-refractivity contribution < 1.29 is 0 Å². The molecule has 0 bridgehead atoms. The fourth-order valence-electron chi connectivity index (χ4n) is 2.20. The number of hydrogen-bond acceptors (Lipinski definition) is 2. The molecular weight excluding hydrogens is 214 g/mol. The maximum Gasteiger partial charge on any atom is 0.0414 e. The van der Waals surface area contributed by atoms with Crippen molar-refractivity contribution in [3.63, 3.8) is 0 Å². The van der Waals surface area contributed by atoms with Crippen molar-refractivity contribution >= 4 is 11.8 Å². The average Bonchev–Trinajstić information content (AvgIpc) is 2.30. The van der Waals surface area contributed by atoms with Gasteiger partial charge in [0.25, 0.3) is 0 Å². The van der Waals surface area contributed by atoms with Gasteiger partial charge in [-0.05, 0) is 24.5 Å². The molecule has 16 heavy (non-hydrogen) atoms. The lowest BCUT2D eigenvalue weighted by molar-refractivity contribution is 0.502. The van der Waals surface area contributed by atoms with E-state index in [1.165, 1.54) is 35.5 Å². The molecule has 2 heteroatoms. The van der Waals surface area contributed by atoms with E-state index in [1.807, 2.05) is 0 Å². The van der Waals surface area contributed by atoms with Crippen molar-refractivity contribution in [1.29, 1.82) is 0 Å². The molecule has 0 aromatic heterocycles. The van der Waals surface area contributed by atoms with Gasteiger partial charge in [-0.25, -0.2) is 0 Å². The Morgan fingerprint density at radius 2 is 2.00 bits per heavy atom. The Labute approximate surface area is 103 Å². The molecule has 0 amide bonds. The molecule has 0 aliphatic carbocycles. The second-order valence-electron chi connectivity index (χ2n) is 4.65. The molecule has 1 saturated heterocycles. The van der Waals surface area contributed by atoms with Crippen LogP contribution in [0.15, 0.2) is 24.3 Å². The van der Waals surface area contributed by atoms with E-state index in [4.69, 9.17) is 0 Å². The van der Waals surface area contributed by atoms with Crippen LogP contribution >= 0.6 is 11.8 Å². The molecule has 1 heterocycles. The van der Waals surface area contributed by atoms with Crippen molar-refractivity contribution in [1.82, 2.24) is 5.32 Å². The number of rotatable bonds is 3. The molecule has 0 radical (unpaired) electrons. The highest BCUT2D eigenvalue weighted by Crippen LogP contribution is 2.24. The van der Waals surface area contributed by atoms with Crippen molar-refractivity contribution in [2.45, 2.75) is 38.8 Å². The van der Waals surface area contributed by atoms with Gasteiger partial charge in [0.2, 0.25) is 0 Å². The smallest absolute Gasteiger partial charge is 0.0414 e. The zero-order valence-corrected chi connectivity index (χ0v) is 11.0. The first-order valence-corrected chi connectivity index (χ1v) is 7.37. The fraction of sp³-hybridized carbons (Fsp3) is 0.571. The summed E-state index contributed by atoms with van der Waals surface area (Å²) in [5.74, 6) is 2.45. The van der Waals surface area contributed by atoms with E-state index < -0.39 is 0 Å². The Morgan fingerprint density at radius 3 is 2.62 bits per heavy atom. The molecule has 1 fully saturated rings. The van der Waals surface area contributed by atoms with E-state index in [1.54, 1.807) is 0 Å². The standard InChI is InChI=1S/C14H21NS/c1-3-4-12-5-7-13(8-6-12)14-10-16-9-11(2)15-14/h5-8,11,14-15H,3-4,9-10H2,1-2H3. The van der Waals surface area contributed by atoms with Crippen molar-refractivity contribution in [2.24, 2.45) is 0 Å². The number of hydrogen-bond donors (Lipinski definition) is 1. The Morgan fingerprint density at radius 1 is 1.25 bits per heavy atom. The third-order valence-corrected chi connectivity index (χ3v) is 4.36. The first-order valence-electron chi connectivity index (χ1n) is 6.22. The molecule has 1 nitrogen and oxygen atoms in total. The largest absolute Gasteiger partial charge is 0.306 e. The van der Waals surface area contributed by atoms with Crippen LogP contribution in [0, 0.1) is 0 Å². The highest BCUT2D eigenvalue weighted by molar-refractivity contribution is 7.99. The van der Waals surface area contributed by atoms with Gasteiger partial charge in [0.05, 0.1) is 0 Å². The predicted octanol–water partition coefficient (Wildman–Crippen LogP) is 3.41. The number of aryl methyl sites for hydroxylation is 1. The van der Waals surface area contributed by atoms with Gasteiger partial charge in [-0.3, -0.25) is 0 Å². The summed E-state index contributed by atoms with van der Waals surface area (Å²) >= 11 is 2.06. The summed E-state index contributed by atoms with van der Waals surface area (Å²) < 4.78 is 0. The van der Waals surface area contributed by atoms with E-state index in [9.17, 15) is 0 Å². The first kappa shape index (κ1) is 12.0. The maximum atomic E-state index is 3.66. The normalized spacial score (nSPS) is 25.6. The van der Waals surface area contributed by atoms with Crippen LogP contribution in [0.3, 0.4) is 0 Å². The van der Waals surface area contributed by atoms with Crippen molar-refractivity contribution in [3.05, 3.63) is 35.4 Å². The minimum absolute atomic E-state index is 0.546. The lowest BCUT2D eigenvalue weighted by Gasteiger charge is -2.28. The quantitative estimate of drug-likeness (QED) is 0.861. The summed E-state index contributed by atoms with van der Waals surface area (Å²) in [6.45, 7) is 4.50. The summed E-state index contributed by atoms with van der Waals surface area (Å²) in [5, 5.41) is 3.66. The summed E-state index contributed by atoms with van der Waals surface area (Å²) in [5.41, 5.74) is 2.90. The van der Waals surface area contributed by atoms with E-state index in [0.717, 1.165) is 0 Å². The third-order valence-electron chi connectivity index (χ3n) is 3.06. The Bertz CT molecular complexity index is 320. The highest BCUT2D eigenvalue weighted by Gasteiger charge is 2.19. The molecule has 88 valence electrons. The van der Waals surface area contributed by atoms with E-state index in [-0.39, 0.29) is 0 Å². The molecule has 0 spiro atoms. The minimum atomic E-state index is 0.546. The van der Waals surface area contributed by atoms with Gasteiger partial charge < -0.3 is 5.32 Å². The molecule has 1 aromatic carbocycles. The van der Waals surface area contributed by atoms with Crippen LogP contribution in [0.2, 0.25) is 0 Å². The Hall–Kier alpha value is -0.470. The zero-order chi connectivity index (χ0) is 11.4. The summed E-state index contributed by atoms with van der Waals surface area (Å²) in [4.78, 5) is 0. The monoisotopic (exact) mass is 235 g/mol. The molecule has 2 atom stereocenters. The highest BCUT2D eigenvalue weighted by atomic mass is 32.2. The van der Waals surface area contributed by atoms with Crippen LogP contribution in [0.4, 0.5) is 0 Å². The molecule has 0 saturated carbocycles. The first-order chi connectivity index (χ1) is 7.79. The Balaban J connectivity index is 2.03. The van der Waals surface area contributed by atoms with Crippen molar-refractivity contribution in [2.75, 3.05) is 11.5 Å². The predicted molar refractivity (Wildman–Crippen MR) is 73.1 cm³/mol. The van der Waals surface area contributed by atoms with Crippen LogP contribution in [0.25, 0.3) is 0 Å². The molecular formula is C14H21NS. The van der Waals surface area contributed by atoms with E-state index in [0.29, 0.717) is 12.1 Å². The molecule has 1 aromatic rings. The van der Waals surface area contributed by atoms with Gasteiger partial charge in [-0.2, -0.15) is 11.8 Å². The summed E-state index contributed by atoms with van der Waals surface area (Å²) in [6.07, 6.45) is 2.43. The maximum absolute atomic E-state index is 3.66. The number of benzene rings is 1. The van der Waals surface area contributed by atoms with Gasteiger partial charge in [-0.15, -0.1) is 0 Å². The molecule has 2 rings (SSSR count). The lowest BCUT2D eigenvalue weighted by atomic mass is 10.0. The Kier molecular flexibility index (Phi) is 4.30. The average molecular weight is 235 g/mol. The third kappa shape index (κ3) is 3.02. The number of nitrogens with one attached hydrogen (secondary N) is 1. The molecule has 1 aliphatic heterocycles. The second kappa shape index (κ2) is 5.74. The van der Waals surface area contributed by atoms with Crippen molar-refractivity contribution in [3.8, 4) is 0 Å². The van der Waals surface area contributed by atoms with Gasteiger partial charge in [0.1, 0.15) is 0 Å². The van der Waals surface area contributed by atoms with Crippen LogP contribution < -0.4 is 5.32 Å². The van der Waals surface area contributed by atoms with E-state index >= 15 is 0 Å². The van der Waals surface area contributed by atoms with Gasteiger partial charge >= 0.3 is 0 Å². The number of thioether (sulfide) groups is 1. The topological polar surface area (TPSA) is 12.0 Å². The molecule has 1 N–H and O–H groups in total. The second-order valence-corrected chi connectivity index (χ2v) is 5.72. The van der Waals surface area contributed by atoms with Crippen LogP contribution in [-0.2, 0) is 6.42 Å². The van der Waals surface area contributed by atoms with Gasteiger partial charge in [-0.1, -0.05) is 37.6 Å². The van der Waals surface area contributed by atoms with Gasteiger partial charge in [0.15, 0.2) is 0 Å². The van der Waals surface area contributed by atoms with Crippen LogP contribution in [-0.4, -0.2) is 17.5 Å². The minimum Gasteiger partial charge on any atom is -0.306 e. The zero-order valence-electron chi connectivity index (χ0n) is 10.2. The molecule has 1 aliphatic rings. The molecule has 2 unspecified atom stereocenters. The van der Waals surface area contributed by atoms with E-state index in [2.05, 4.69) is 55.2 Å². The SMILES string of the molecule is CCCc1ccc(C2CSCC(C)N2)cc1. The van der Waals surface area contributed by atoms with Crippen LogP contribution in [0.1, 0.15) is 37.4 Å². The lowest BCUT2D eigenvalue weighted by Crippen LogP contribution is -2.37. The summed E-state index contributed by atoms with van der Waals surface area (Å²) in [7, 11) is 0. The summed E-state index contributed by atoms with van der Waals surface area (Å²) in [6, 6.07) is 10.3.